The third kappa shape index (κ3) is 29.9. The van der Waals surface area contributed by atoms with E-state index < -0.39 is 18.2 Å². The van der Waals surface area contributed by atoms with Crippen molar-refractivity contribution >= 4 is 5.91 Å². The normalized spacial score (nSPS) is 14.6. The molecular weight excluding hydrogens is 534 g/mol. The average Bonchev–Trinajstić information content (AvgIpc) is 3.00. The van der Waals surface area contributed by atoms with Gasteiger partial charge in [0, 0.05) is 0 Å². The molecule has 0 saturated carbocycles. The zero-order valence-electron chi connectivity index (χ0n) is 27.8. The summed E-state index contributed by atoms with van der Waals surface area (Å²) >= 11 is 0. The van der Waals surface area contributed by atoms with E-state index in [9.17, 15) is 20.1 Å². The van der Waals surface area contributed by atoms with Crippen LogP contribution in [-0.4, -0.2) is 46.1 Å². The molecule has 1 amide bonds. The predicted octanol–water partition coefficient (Wildman–Crippen LogP) is 9.20. The molecule has 0 aromatic carbocycles. The molecule has 0 rings (SSSR count). The molecule has 43 heavy (non-hydrogen) atoms. The molecule has 4 N–H and O–H groups in total. The van der Waals surface area contributed by atoms with Gasteiger partial charge in [0.1, 0.15) is 0 Å². The number of carbonyl (C=O) groups is 1. The van der Waals surface area contributed by atoms with Crippen LogP contribution < -0.4 is 5.32 Å². The van der Waals surface area contributed by atoms with Crippen molar-refractivity contribution in [1.82, 2.24) is 5.32 Å². The van der Waals surface area contributed by atoms with Crippen LogP contribution in [0.2, 0.25) is 0 Å². The Bertz CT molecular complexity index is 755. The lowest BCUT2D eigenvalue weighted by Gasteiger charge is -2.20. The maximum Gasteiger partial charge on any atom is 0.222 e. The van der Waals surface area contributed by atoms with E-state index in [0.717, 1.165) is 64.2 Å². The first-order valence-electron chi connectivity index (χ1n) is 17.6. The van der Waals surface area contributed by atoms with Gasteiger partial charge in [0.2, 0.25) is 5.91 Å². The summed E-state index contributed by atoms with van der Waals surface area (Å²) in [5.74, 6) is -0.347. The maximum atomic E-state index is 12.3. The largest absolute Gasteiger partial charge is 0.394 e. The highest BCUT2D eigenvalue weighted by Gasteiger charge is 2.20. The number of nitrogens with one attached hydrogen (secondary N) is 1. The van der Waals surface area contributed by atoms with E-state index in [1.807, 2.05) is 6.08 Å². The number of allylic oxidation sites excluding steroid dienone is 9. The summed E-state index contributed by atoms with van der Waals surface area (Å²) in [5, 5.41) is 32.9. The van der Waals surface area contributed by atoms with Gasteiger partial charge >= 0.3 is 0 Å². The Kier molecular flexibility index (Phi) is 31.5. The average molecular weight is 602 g/mol. The molecule has 0 spiro atoms. The second-order valence-electron chi connectivity index (χ2n) is 11.8. The Morgan fingerprint density at radius 1 is 0.605 bits per heavy atom. The van der Waals surface area contributed by atoms with Crippen molar-refractivity contribution in [2.24, 2.45) is 0 Å². The molecule has 0 aliphatic carbocycles. The van der Waals surface area contributed by atoms with Gasteiger partial charge in [0.15, 0.2) is 0 Å². The van der Waals surface area contributed by atoms with Gasteiger partial charge in [0.05, 0.1) is 31.3 Å². The Labute approximate surface area is 265 Å². The second-order valence-corrected chi connectivity index (χ2v) is 11.8. The maximum absolute atomic E-state index is 12.3. The number of hydrogen-bond donors (Lipinski definition) is 4. The fourth-order valence-corrected chi connectivity index (χ4v) is 4.77. The molecule has 0 aliphatic rings. The molecule has 0 aromatic rings. The first-order chi connectivity index (χ1) is 21.0. The molecule has 0 radical (unpaired) electrons. The standard InChI is InChI=1S/C38H67NO4/c1-3-5-7-9-11-13-15-17-18-20-22-24-26-28-30-32-37(42)36(34-40)39-38(43)33-35(41)31-29-27-25-23-21-19-16-14-12-10-8-6-4-2/h12,14-17,19,22,24,30,32,35-37,40-42H,3-11,13,18,20-21,23,25-29,31,33-34H2,1-2H3,(H,39,43)/b14-12-,17-15+,19-16-,24-22+,32-30+. The van der Waals surface area contributed by atoms with E-state index >= 15 is 0 Å². The first-order valence-corrected chi connectivity index (χ1v) is 17.6. The molecule has 3 atom stereocenters. The third-order valence-corrected chi connectivity index (χ3v) is 7.53. The second kappa shape index (κ2) is 33.0. The number of aliphatic hydroxyl groups excluding tert-OH is 3. The fraction of sp³-hybridized carbons (Fsp3) is 0.711. The van der Waals surface area contributed by atoms with Crippen LogP contribution in [0.25, 0.3) is 0 Å². The van der Waals surface area contributed by atoms with E-state index in [4.69, 9.17) is 0 Å². The number of unbranched alkanes of at least 4 members (excludes halogenated alkanes) is 14. The van der Waals surface area contributed by atoms with Crippen LogP contribution in [0.1, 0.15) is 149 Å². The van der Waals surface area contributed by atoms with Crippen molar-refractivity contribution in [2.75, 3.05) is 6.61 Å². The molecule has 0 bridgehead atoms. The van der Waals surface area contributed by atoms with E-state index in [0.29, 0.717) is 6.42 Å². The first kappa shape index (κ1) is 41.0. The van der Waals surface area contributed by atoms with Crippen molar-refractivity contribution in [1.29, 1.82) is 0 Å². The van der Waals surface area contributed by atoms with Crippen molar-refractivity contribution in [3.8, 4) is 0 Å². The molecule has 0 aliphatic heterocycles. The molecule has 248 valence electrons. The van der Waals surface area contributed by atoms with Crippen LogP contribution in [0.3, 0.4) is 0 Å². The summed E-state index contributed by atoms with van der Waals surface area (Å²) in [6.07, 6.45) is 41.9. The SMILES string of the molecule is CCCCC/C=C\C=C/CCCCCCC(O)CC(=O)NC(CO)C(O)/C=C/CC/C=C/CC/C=C/CCCCCCC. The highest BCUT2D eigenvalue weighted by Crippen LogP contribution is 2.11. The van der Waals surface area contributed by atoms with E-state index in [-0.39, 0.29) is 18.9 Å². The number of amides is 1. The van der Waals surface area contributed by atoms with Gasteiger partial charge in [-0.15, -0.1) is 0 Å². The predicted molar refractivity (Wildman–Crippen MR) is 185 cm³/mol. The highest BCUT2D eigenvalue weighted by atomic mass is 16.3. The number of carbonyl (C=O) groups excluding carboxylic acids is 1. The van der Waals surface area contributed by atoms with Crippen molar-refractivity contribution in [3.63, 3.8) is 0 Å². The van der Waals surface area contributed by atoms with E-state index in [1.165, 1.54) is 57.8 Å². The van der Waals surface area contributed by atoms with Gasteiger partial charge in [-0.05, 0) is 70.6 Å². The zero-order valence-corrected chi connectivity index (χ0v) is 27.8. The van der Waals surface area contributed by atoms with Crippen LogP contribution in [0.4, 0.5) is 0 Å². The van der Waals surface area contributed by atoms with Gasteiger partial charge < -0.3 is 20.6 Å². The zero-order chi connectivity index (χ0) is 31.6. The molecule has 5 nitrogen and oxygen atoms in total. The lowest BCUT2D eigenvalue weighted by atomic mass is 10.0. The molecular formula is C38H67NO4. The van der Waals surface area contributed by atoms with Crippen molar-refractivity contribution in [2.45, 2.75) is 167 Å². The summed E-state index contributed by atoms with van der Waals surface area (Å²) < 4.78 is 0. The number of aliphatic hydroxyl groups is 3. The van der Waals surface area contributed by atoms with Gasteiger partial charge in [-0.1, -0.05) is 132 Å². The summed E-state index contributed by atoms with van der Waals surface area (Å²) in [4.78, 5) is 12.3. The van der Waals surface area contributed by atoms with Gasteiger partial charge in [-0.25, -0.2) is 0 Å². The Hall–Kier alpha value is -1.95. The lowest BCUT2D eigenvalue weighted by Crippen LogP contribution is -2.45. The summed E-state index contributed by atoms with van der Waals surface area (Å²) in [6, 6.07) is -0.774. The van der Waals surface area contributed by atoms with Crippen LogP contribution in [0.15, 0.2) is 60.8 Å². The van der Waals surface area contributed by atoms with Crippen LogP contribution >= 0.6 is 0 Å². The molecule has 0 heterocycles. The minimum Gasteiger partial charge on any atom is -0.394 e. The topological polar surface area (TPSA) is 89.8 Å². The van der Waals surface area contributed by atoms with Crippen molar-refractivity contribution in [3.05, 3.63) is 60.8 Å². The minimum atomic E-state index is -0.965. The molecule has 5 heteroatoms. The minimum absolute atomic E-state index is 0.0147. The quantitative estimate of drug-likeness (QED) is 0.0375. The van der Waals surface area contributed by atoms with E-state index in [1.54, 1.807) is 6.08 Å². The molecule has 3 unspecified atom stereocenters. The Morgan fingerprint density at radius 2 is 1.07 bits per heavy atom. The number of rotatable bonds is 30. The number of hydrogen-bond acceptors (Lipinski definition) is 4. The van der Waals surface area contributed by atoms with Gasteiger partial charge in [0.25, 0.3) is 0 Å². The Balaban J connectivity index is 3.90. The molecule has 0 aromatic heterocycles. The van der Waals surface area contributed by atoms with Crippen LogP contribution in [0, 0.1) is 0 Å². The van der Waals surface area contributed by atoms with Crippen LogP contribution in [0.5, 0.6) is 0 Å². The lowest BCUT2D eigenvalue weighted by molar-refractivity contribution is -0.124. The summed E-state index contributed by atoms with van der Waals surface area (Å²) in [6.45, 7) is 4.11. The van der Waals surface area contributed by atoms with Crippen LogP contribution in [-0.2, 0) is 4.79 Å². The monoisotopic (exact) mass is 602 g/mol. The van der Waals surface area contributed by atoms with Gasteiger partial charge in [-0.3, -0.25) is 4.79 Å². The summed E-state index contributed by atoms with van der Waals surface area (Å²) in [7, 11) is 0. The Morgan fingerprint density at radius 3 is 1.65 bits per heavy atom. The van der Waals surface area contributed by atoms with Gasteiger partial charge in [-0.2, -0.15) is 0 Å². The highest BCUT2D eigenvalue weighted by molar-refractivity contribution is 5.76. The smallest absolute Gasteiger partial charge is 0.222 e. The molecule has 0 saturated heterocycles. The van der Waals surface area contributed by atoms with E-state index in [2.05, 4.69) is 67.8 Å². The molecule has 0 fully saturated rings. The summed E-state index contributed by atoms with van der Waals surface area (Å²) in [5.41, 5.74) is 0. The fourth-order valence-electron chi connectivity index (χ4n) is 4.77. The van der Waals surface area contributed by atoms with Crippen molar-refractivity contribution < 1.29 is 20.1 Å². The third-order valence-electron chi connectivity index (χ3n) is 7.53.